The molecule has 0 unspecified atom stereocenters. The summed E-state index contributed by atoms with van der Waals surface area (Å²) in [7, 11) is 1.96. The minimum atomic E-state index is -0.304. The third-order valence-corrected chi connectivity index (χ3v) is 5.13. The molecule has 0 aliphatic heterocycles. The predicted molar refractivity (Wildman–Crippen MR) is 117 cm³/mol. The van der Waals surface area contributed by atoms with E-state index < -0.39 is 0 Å². The summed E-state index contributed by atoms with van der Waals surface area (Å²) in [6, 6.07) is 19.4. The number of aryl methyl sites for hydroxylation is 2. The average molecular weight is 410 g/mol. The van der Waals surface area contributed by atoms with Gasteiger partial charge in [-0.1, -0.05) is 0 Å². The second-order valence-electron chi connectivity index (χ2n) is 7.14. The fourth-order valence-corrected chi connectivity index (χ4v) is 3.46. The summed E-state index contributed by atoms with van der Waals surface area (Å²) in [5.41, 5.74) is 4.30. The van der Waals surface area contributed by atoms with Gasteiger partial charge in [0.05, 0.1) is 33.9 Å². The van der Waals surface area contributed by atoms with E-state index in [-0.39, 0.29) is 5.82 Å². The molecule has 2 aromatic heterocycles. The summed E-state index contributed by atoms with van der Waals surface area (Å²) < 4.78 is 15.2. The quantitative estimate of drug-likeness (QED) is 0.471. The Kier molecular flexibility index (Phi) is 5.59. The van der Waals surface area contributed by atoms with Crippen LogP contribution in [-0.4, -0.2) is 21.1 Å². The van der Waals surface area contributed by atoms with Crippen LogP contribution in [0.2, 0.25) is 0 Å². The molecule has 0 aliphatic carbocycles. The van der Waals surface area contributed by atoms with Crippen molar-refractivity contribution in [2.45, 2.75) is 12.8 Å². The Morgan fingerprint density at radius 3 is 2.55 bits per heavy atom. The molecule has 0 radical (unpaired) electrons. The SMILES string of the molecule is Cn1c(CCCNc2nc(-c3ccc(F)cc3)ccc2C#N)nc2cc(C#N)ccc21. The summed E-state index contributed by atoms with van der Waals surface area (Å²) in [5.74, 6) is 1.13. The van der Waals surface area contributed by atoms with Gasteiger partial charge in [0.15, 0.2) is 0 Å². The molecule has 0 bridgehead atoms. The van der Waals surface area contributed by atoms with Crippen molar-refractivity contribution in [1.82, 2.24) is 14.5 Å². The van der Waals surface area contributed by atoms with E-state index in [1.54, 1.807) is 36.4 Å². The number of hydrogen-bond acceptors (Lipinski definition) is 5. The fraction of sp³-hybridized carbons (Fsp3) is 0.167. The normalized spacial score (nSPS) is 10.6. The summed E-state index contributed by atoms with van der Waals surface area (Å²) in [4.78, 5) is 9.20. The Bertz CT molecular complexity index is 1330. The monoisotopic (exact) mass is 410 g/mol. The van der Waals surface area contributed by atoms with Gasteiger partial charge in [-0.25, -0.2) is 14.4 Å². The van der Waals surface area contributed by atoms with Crippen molar-refractivity contribution in [3.8, 4) is 23.4 Å². The third-order valence-electron chi connectivity index (χ3n) is 5.13. The zero-order chi connectivity index (χ0) is 21.8. The number of hydrogen-bond donors (Lipinski definition) is 1. The Balaban J connectivity index is 1.45. The number of nitriles is 2. The second kappa shape index (κ2) is 8.64. The lowest BCUT2D eigenvalue weighted by atomic mass is 10.1. The summed E-state index contributed by atoms with van der Waals surface area (Å²) in [6.07, 6.45) is 1.52. The number of anilines is 1. The van der Waals surface area contributed by atoms with Crippen LogP contribution in [0.3, 0.4) is 0 Å². The minimum absolute atomic E-state index is 0.304. The summed E-state index contributed by atoms with van der Waals surface area (Å²) in [6.45, 7) is 0.612. The van der Waals surface area contributed by atoms with Crippen molar-refractivity contribution in [2.75, 3.05) is 11.9 Å². The average Bonchev–Trinajstić information content (AvgIpc) is 3.11. The molecule has 6 nitrogen and oxygen atoms in total. The van der Waals surface area contributed by atoms with Crippen LogP contribution in [0.15, 0.2) is 54.6 Å². The van der Waals surface area contributed by atoms with Crippen LogP contribution in [0.4, 0.5) is 10.2 Å². The topological polar surface area (TPSA) is 90.3 Å². The van der Waals surface area contributed by atoms with Gasteiger partial charge in [0.2, 0.25) is 0 Å². The van der Waals surface area contributed by atoms with E-state index in [2.05, 4.69) is 27.4 Å². The first-order valence-electron chi connectivity index (χ1n) is 9.85. The molecule has 152 valence electrons. The van der Waals surface area contributed by atoms with Crippen LogP contribution in [0.1, 0.15) is 23.4 Å². The van der Waals surface area contributed by atoms with Crippen molar-refractivity contribution in [2.24, 2.45) is 7.05 Å². The van der Waals surface area contributed by atoms with E-state index in [9.17, 15) is 9.65 Å². The largest absolute Gasteiger partial charge is 0.369 e. The molecule has 0 amide bonds. The van der Waals surface area contributed by atoms with E-state index in [0.717, 1.165) is 35.3 Å². The maximum atomic E-state index is 13.2. The number of fused-ring (bicyclic) bond motifs is 1. The number of nitrogens with one attached hydrogen (secondary N) is 1. The smallest absolute Gasteiger partial charge is 0.144 e. The molecule has 0 saturated heterocycles. The van der Waals surface area contributed by atoms with E-state index in [0.29, 0.717) is 29.2 Å². The minimum Gasteiger partial charge on any atom is -0.369 e. The highest BCUT2D eigenvalue weighted by molar-refractivity contribution is 5.77. The van der Waals surface area contributed by atoms with Crippen LogP contribution in [-0.2, 0) is 13.5 Å². The molecule has 2 aromatic carbocycles. The maximum absolute atomic E-state index is 13.2. The van der Waals surface area contributed by atoms with Crippen LogP contribution >= 0.6 is 0 Å². The number of imidazole rings is 1. The van der Waals surface area contributed by atoms with Crippen LogP contribution in [0.25, 0.3) is 22.3 Å². The number of rotatable bonds is 6. The highest BCUT2D eigenvalue weighted by atomic mass is 19.1. The predicted octanol–water partition coefficient (Wildman–Crippen LogP) is 4.56. The van der Waals surface area contributed by atoms with Gasteiger partial charge in [-0.15, -0.1) is 0 Å². The van der Waals surface area contributed by atoms with Gasteiger partial charge in [-0.3, -0.25) is 0 Å². The Hall–Kier alpha value is -4.23. The number of nitrogens with zero attached hydrogens (tertiary/aromatic N) is 5. The summed E-state index contributed by atoms with van der Waals surface area (Å²) >= 11 is 0. The molecule has 4 aromatic rings. The van der Waals surface area contributed by atoms with Crippen molar-refractivity contribution in [3.63, 3.8) is 0 Å². The standard InChI is InChI=1S/C24H19FN6/c1-31-22-11-4-16(14-26)13-21(22)29-23(31)3-2-12-28-24-18(15-27)7-10-20(30-24)17-5-8-19(25)9-6-17/h4-11,13H,2-3,12H2,1H3,(H,28,30). The molecular weight excluding hydrogens is 391 g/mol. The molecule has 2 heterocycles. The fourth-order valence-electron chi connectivity index (χ4n) is 3.46. The van der Waals surface area contributed by atoms with E-state index in [1.807, 2.05) is 17.7 Å². The molecule has 1 N–H and O–H groups in total. The second-order valence-corrected chi connectivity index (χ2v) is 7.14. The van der Waals surface area contributed by atoms with Gasteiger partial charge < -0.3 is 9.88 Å². The zero-order valence-electron chi connectivity index (χ0n) is 16.9. The van der Waals surface area contributed by atoms with Gasteiger partial charge in [-0.2, -0.15) is 10.5 Å². The Morgan fingerprint density at radius 1 is 1.00 bits per heavy atom. The highest BCUT2D eigenvalue weighted by Crippen LogP contribution is 2.22. The lowest BCUT2D eigenvalue weighted by Gasteiger charge is -2.10. The highest BCUT2D eigenvalue weighted by Gasteiger charge is 2.10. The van der Waals surface area contributed by atoms with Gasteiger partial charge in [0.25, 0.3) is 0 Å². The van der Waals surface area contributed by atoms with Gasteiger partial charge in [-0.05, 0) is 61.0 Å². The molecule has 4 rings (SSSR count). The number of aromatic nitrogens is 3. The number of halogens is 1. The van der Waals surface area contributed by atoms with Crippen molar-refractivity contribution in [1.29, 1.82) is 10.5 Å². The van der Waals surface area contributed by atoms with E-state index in [4.69, 9.17) is 5.26 Å². The first-order chi connectivity index (χ1) is 15.1. The first-order valence-corrected chi connectivity index (χ1v) is 9.85. The molecule has 7 heteroatoms. The molecule has 31 heavy (non-hydrogen) atoms. The number of benzene rings is 2. The van der Waals surface area contributed by atoms with Crippen LogP contribution < -0.4 is 5.32 Å². The van der Waals surface area contributed by atoms with Gasteiger partial charge in [0.1, 0.15) is 23.5 Å². The first kappa shape index (κ1) is 20.1. The van der Waals surface area contributed by atoms with Crippen molar-refractivity contribution in [3.05, 3.63) is 77.4 Å². The van der Waals surface area contributed by atoms with Crippen molar-refractivity contribution >= 4 is 16.9 Å². The molecule has 0 saturated carbocycles. The Labute approximate surface area is 179 Å². The molecule has 0 spiro atoms. The maximum Gasteiger partial charge on any atom is 0.144 e. The molecule has 0 aliphatic rings. The Morgan fingerprint density at radius 2 is 1.81 bits per heavy atom. The number of pyridine rings is 1. The summed E-state index contributed by atoms with van der Waals surface area (Å²) in [5, 5.41) is 21.7. The van der Waals surface area contributed by atoms with Crippen molar-refractivity contribution < 1.29 is 4.39 Å². The van der Waals surface area contributed by atoms with Gasteiger partial charge in [0, 0.05) is 25.6 Å². The zero-order valence-corrected chi connectivity index (χ0v) is 16.9. The molecule has 0 atom stereocenters. The van der Waals surface area contributed by atoms with Crippen LogP contribution in [0, 0.1) is 28.5 Å². The van der Waals surface area contributed by atoms with Gasteiger partial charge >= 0.3 is 0 Å². The molecular formula is C24H19FN6. The van der Waals surface area contributed by atoms with E-state index >= 15 is 0 Å². The lowest BCUT2D eigenvalue weighted by Crippen LogP contribution is -2.08. The van der Waals surface area contributed by atoms with E-state index in [1.165, 1.54) is 12.1 Å². The third kappa shape index (κ3) is 4.22. The lowest BCUT2D eigenvalue weighted by molar-refractivity contribution is 0.628. The van der Waals surface area contributed by atoms with Crippen LogP contribution in [0.5, 0.6) is 0 Å². The molecule has 0 fully saturated rings.